The van der Waals surface area contributed by atoms with Gasteiger partial charge in [0.25, 0.3) is 0 Å². The summed E-state index contributed by atoms with van der Waals surface area (Å²) < 4.78 is 2.41. The average Bonchev–Trinajstić information content (AvgIpc) is 3.60. The first kappa shape index (κ1) is 31.1. The van der Waals surface area contributed by atoms with Crippen molar-refractivity contribution in [1.82, 2.24) is 19.5 Å². The molecule has 0 bridgehead atoms. The molecule has 0 aliphatic carbocycles. The molecule has 0 N–H and O–H groups in total. The third kappa shape index (κ3) is 5.19. The van der Waals surface area contributed by atoms with Gasteiger partial charge in [0.1, 0.15) is 0 Å². The van der Waals surface area contributed by atoms with Crippen molar-refractivity contribution in [3.05, 3.63) is 194 Å². The van der Waals surface area contributed by atoms with Gasteiger partial charge in [0.2, 0.25) is 0 Å². The Morgan fingerprint density at radius 3 is 1.55 bits per heavy atom. The van der Waals surface area contributed by atoms with Crippen molar-refractivity contribution in [2.24, 2.45) is 0 Å². The quantitative estimate of drug-likeness (QED) is 0.179. The van der Waals surface area contributed by atoms with E-state index in [1.165, 1.54) is 32.7 Å². The summed E-state index contributed by atoms with van der Waals surface area (Å²) in [5.41, 5.74) is 8.71. The Hall–Kier alpha value is -7.43. The average molecular weight is 701 g/mol. The van der Waals surface area contributed by atoms with Gasteiger partial charge in [-0.2, -0.15) is 0 Å². The minimum atomic E-state index is 0.637. The lowest BCUT2D eigenvalue weighted by Gasteiger charge is -2.15. The molecule has 4 heteroatoms. The van der Waals surface area contributed by atoms with Gasteiger partial charge in [-0.25, -0.2) is 15.0 Å². The van der Waals surface area contributed by atoms with E-state index in [4.69, 9.17) is 15.0 Å². The fourth-order valence-corrected chi connectivity index (χ4v) is 8.22. The van der Waals surface area contributed by atoms with Gasteiger partial charge in [-0.15, -0.1) is 0 Å². The summed E-state index contributed by atoms with van der Waals surface area (Å²) >= 11 is 0. The van der Waals surface area contributed by atoms with Crippen LogP contribution in [0.2, 0.25) is 0 Å². The van der Waals surface area contributed by atoms with E-state index < -0.39 is 0 Å². The second-order valence-electron chi connectivity index (χ2n) is 14.0. The summed E-state index contributed by atoms with van der Waals surface area (Å²) in [7, 11) is 0. The van der Waals surface area contributed by atoms with Gasteiger partial charge in [-0.3, -0.25) is 0 Å². The number of para-hydroxylation sites is 1. The van der Waals surface area contributed by atoms with Crippen LogP contribution in [-0.2, 0) is 0 Å². The van der Waals surface area contributed by atoms with E-state index in [0.29, 0.717) is 17.5 Å². The Kier molecular flexibility index (Phi) is 7.14. The zero-order chi connectivity index (χ0) is 36.3. The van der Waals surface area contributed by atoms with E-state index in [0.717, 1.165) is 55.0 Å². The minimum Gasteiger partial charge on any atom is -0.309 e. The Morgan fingerprint density at radius 1 is 0.309 bits per heavy atom. The van der Waals surface area contributed by atoms with E-state index in [-0.39, 0.29) is 0 Å². The number of hydrogen-bond donors (Lipinski definition) is 0. The Balaban J connectivity index is 1.15. The van der Waals surface area contributed by atoms with Crippen molar-refractivity contribution in [3.63, 3.8) is 0 Å². The van der Waals surface area contributed by atoms with Crippen molar-refractivity contribution in [1.29, 1.82) is 0 Å². The number of rotatable bonds is 5. The third-order valence-corrected chi connectivity index (χ3v) is 10.8. The molecule has 0 atom stereocenters. The first-order valence-corrected chi connectivity index (χ1v) is 18.6. The highest BCUT2D eigenvalue weighted by Gasteiger charge is 2.20. The molecule has 11 aromatic rings. The van der Waals surface area contributed by atoms with Gasteiger partial charge in [0.05, 0.1) is 16.7 Å². The van der Waals surface area contributed by atoms with Crippen molar-refractivity contribution < 1.29 is 0 Å². The summed E-state index contributed by atoms with van der Waals surface area (Å²) in [4.78, 5) is 15.6. The lowest BCUT2D eigenvalue weighted by atomic mass is 9.99. The zero-order valence-corrected chi connectivity index (χ0v) is 29.8. The fraction of sp³-hybridized carbons (Fsp3) is 0. The Morgan fingerprint density at radius 2 is 0.855 bits per heavy atom. The molecule has 0 spiro atoms. The molecule has 0 aliphatic rings. The maximum absolute atomic E-state index is 5.23. The smallest absolute Gasteiger partial charge is 0.164 e. The first-order chi connectivity index (χ1) is 27.3. The number of benzene rings is 9. The topological polar surface area (TPSA) is 43.6 Å². The number of hydrogen-bond acceptors (Lipinski definition) is 3. The van der Waals surface area contributed by atoms with E-state index in [2.05, 4.69) is 199 Å². The molecule has 0 amide bonds. The molecular weight excluding hydrogens is 669 g/mol. The second kappa shape index (κ2) is 12.6. The number of aromatic nitrogens is 4. The molecule has 9 aromatic carbocycles. The maximum atomic E-state index is 5.23. The van der Waals surface area contributed by atoms with Crippen LogP contribution in [0.1, 0.15) is 0 Å². The highest BCUT2D eigenvalue weighted by atomic mass is 15.0. The van der Waals surface area contributed by atoms with E-state index in [1.54, 1.807) is 0 Å². The van der Waals surface area contributed by atoms with E-state index in [1.807, 2.05) is 0 Å². The molecule has 0 unspecified atom stereocenters. The molecule has 4 nitrogen and oxygen atoms in total. The SMILES string of the molecule is c1ccc(-c2cccc3c2c2ccccc2n3-c2ccc(-c3nc(-c4ccc5ccccc5c4)nc(-c4ccc5ccccc5c4)n3)c3ccccc23)cc1. The second-order valence-corrected chi connectivity index (χ2v) is 14.0. The van der Waals surface area contributed by atoms with Crippen molar-refractivity contribution in [2.45, 2.75) is 0 Å². The van der Waals surface area contributed by atoms with Crippen LogP contribution in [0.4, 0.5) is 0 Å². The van der Waals surface area contributed by atoms with Crippen molar-refractivity contribution in [2.75, 3.05) is 0 Å². The first-order valence-electron chi connectivity index (χ1n) is 18.6. The monoisotopic (exact) mass is 700 g/mol. The molecule has 11 rings (SSSR count). The van der Waals surface area contributed by atoms with Crippen LogP contribution in [0.25, 0.3) is 105 Å². The zero-order valence-electron chi connectivity index (χ0n) is 29.8. The minimum absolute atomic E-state index is 0.637. The molecule has 55 heavy (non-hydrogen) atoms. The highest BCUT2D eigenvalue weighted by molar-refractivity contribution is 6.17. The molecular formula is C51H32N4. The van der Waals surface area contributed by atoms with Gasteiger partial charge in [-0.05, 0) is 74.5 Å². The van der Waals surface area contributed by atoms with Crippen LogP contribution in [0.3, 0.4) is 0 Å². The van der Waals surface area contributed by atoms with Crippen molar-refractivity contribution in [3.8, 4) is 51.0 Å². The Bertz CT molecular complexity index is 3170. The fourth-order valence-electron chi connectivity index (χ4n) is 8.22. The Labute approximate surface area is 317 Å². The molecule has 2 aromatic heterocycles. The summed E-state index contributed by atoms with van der Waals surface area (Å²) in [5.74, 6) is 1.92. The van der Waals surface area contributed by atoms with Crippen LogP contribution >= 0.6 is 0 Å². The largest absolute Gasteiger partial charge is 0.309 e. The molecule has 0 aliphatic heterocycles. The third-order valence-electron chi connectivity index (χ3n) is 10.8. The number of nitrogens with zero attached hydrogens (tertiary/aromatic N) is 4. The van der Waals surface area contributed by atoms with Crippen LogP contribution in [0, 0.1) is 0 Å². The summed E-state index contributed by atoms with van der Waals surface area (Å²) in [6.45, 7) is 0. The summed E-state index contributed by atoms with van der Waals surface area (Å²) in [6, 6.07) is 68.7. The normalized spacial score (nSPS) is 11.6. The molecule has 0 radical (unpaired) electrons. The maximum Gasteiger partial charge on any atom is 0.164 e. The van der Waals surface area contributed by atoms with Gasteiger partial charge in [0, 0.05) is 32.8 Å². The summed E-state index contributed by atoms with van der Waals surface area (Å²) in [5, 5.41) is 9.31. The molecule has 256 valence electrons. The molecule has 0 saturated heterocycles. The lowest BCUT2D eigenvalue weighted by Crippen LogP contribution is -2.02. The number of fused-ring (bicyclic) bond motifs is 6. The van der Waals surface area contributed by atoms with E-state index >= 15 is 0 Å². The van der Waals surface area contributed by atoms with Gasteiger partial charge < -0.3 is 4.57 Å². The lowest BCUT2D eigenvalue weighted by molar-refractivity contribution is 1.08. The van der Waals surface area contributed by atoms with Crippen LogP contribution in [-0.4, -0.2) is 19.5 Å². The van der Waals surface area contributed by atoms with E-state index in [9.17, 15) is 0 Å². The van der Waals surface area contributed by atoms with Crippen LogP contribution in [0.15, 0.2) is 194 Å². The molecule has 0 fully saturated rings. The van der Waals surface area contributed by atoms with Gasteiger partial charge in [-0.1, -0.05) is 158 Å². The predicted octanol–water partition coefficient (Wildman–Crippen LogP) is 13.1. The highest BCUT2D eigenvalue weighted by Crippen LogP contribution is 2.41. The van der Waals surface area contributed by atoms with Crippen LogP contribution < -0.4 is 0 Å². The predicted molar refractivity (Wildman–Crippen MR) is 228 cm³/mol. The van der Waals surface area contributed by atoms with Gasteiger partial charge >= 0.3 is 0 Å². The summed E-state index contributed by atoms with van der Waals surface area (Å²) in [6.07, 6.45) is 0. The standard InChI is InChI=1S/C51H32N4/c1-2-15-35(16-3-1)40-22-12-24-47-48(40)44-21-10-11-23-45(44)55(47)46-30-29-43(41-19-8-9-20-42(41)46)51-53-49(38-27-25-33-13-4-6-17-36(33)31-38)52-50(54-51)39-28-26-34-14-5-7-18-37(34)32-39/h1-32H. The molecule has 0 saturated carbocycles. The van der Waals surface area contributed by atoms with Crippen molar-refractivity contribution >= 4 is 54.1 Å². The van der Waals surface area contributed by atoms with Crippen LogP contribution in [0.5, 0.6) is 0 Å². The molecule has 2 heterocycles. The van der Waals surface area contributed by atoms with Gasteiger partial charge in [0.15, 0.2) is 17.5 Å².